The highest BCUT2D eigenvalue weighted by atomic mass is 14.1. The van der Waals surface area contributed by atoms with E-state index in [2.05, 4.69) is 106 Å². The third kappa shape index (κ3) is 7.53. The molecule has 2 rings (SSSR count). The lowest BCUT2D eigenvalue weighted by Crippen LogP contribution is -1.95. The van der Waals surface area contributed by atoms with E-state index in [4.69, 9.17) is 0 Å². The van der Waals surface area contributed by atoms with Crippen LogP contribution in [0.3, 0.4) is 0 Å². The standard InChI is InChI=1S/2C13H20.CH4/c2*1-9(2)12-6-7-13(10(3)4)11(5)8-12;/h2*6-10H,1-5H3;1H4. The average molecular weight is 369 g/mol. The molecule has 0 heteroatoms. The van der Waals surface area contributed by atoms with Crippen molar-refractivity contribution in [3.8, 4) is 0 Å². The first kappa shape index (κ1) is 25.4. The highest BCUT2D eigenvalue weighted by molar-refractivity contribution is 5.35. The van der Waals surface area contributed by atoms with Crippen LogP contribution in [0.25, 0.3) is 0 Å². The van der Waals surface area contributed by atoms with E-state index in [1.807, 2.05) is 0 Å². The van der Waals surface area contributed by atoms with Crippen LogP contribution < -0.4 is 0 Å². The number of hydrogen-bond acceptors (Lipinski definition) is 0. The first-order valence-electron chi connectivity index (χ1n) is 10.2. The van der Waals surface area contributed by atoms with Crippen molar-refractivity contribution in [2.75, 3.05) is 0 Å². The summed E-state index contributed by atoms with van der Waals surface area (Å²) in [6.45, 7) is 22.4. The minimum Gasteiger partial charge on any atom is -0.0776 e. The molecule has 2 aromatic rings. The normalized spacial score (nSPS) is 10.9. The van der Waals surface area contributed by atoms with Crippen LogP contribution in [0.4, 0.5) is 0 Å². The SMILES string of the molecule is C.Cc1cc(C(C)C)ccc1C(C)C.Cc1cc(C(C)C)ccc1C(C)C. The van der Waals surface area contributed by atoms with Crippen molar-refractivity contribution in [3.63, 3.8) is 0 Å². The Labute approximate surface area is 170 Å². The molecule has 152 valence electrons. The van der Waals surface area contributed by atoms with Gasteiger partial charge < -0.3 is 0 Å². The largest absolute Gasteiger partial charge is 0.0776 e. The third-order valence-electron chi connectivity index (χ3n) is 5.17. The molecule has 0 N–H and O–H groups in total. The van der Waals surface area contributed by atoms with Gasteiger partial charge in [-0.1, -0.05) is 99.2 Å². The molecule has 0 aliphatic heterocycles. The average Bonchev–Trinajstić information content (AvgIpc) is 2.54. The smallest absolute Gasteiger partial charge is 0.0216 e. The monoisotopic (exact) mass is 368 g/mol. The van der Waals surface area contributed by atoms with Crippen LogP contribution >= 0.6 is 0 Å². The second-order valence-electron chi connectivity index (χ2n) is 8.85. The Kier molecular flexibility index (Phi) is 10.7. The second-order valence-corrected chi connectivity index (χ2v) is 8.85. The van der Waals surface area contributed by atoms with Gasteiger partial charge in [-0.25, -0.2) is 0 Å². The summed E-state index contributed by atoms with van der Waals surface area (Å²) in [6, 6.07) is 13.7. The van der Waals surface area contributed by atoms with E-state index >= 15 is 0 Å². The minimum atomic E-state index is 0. The van der Waals surface area contributed by atoms with E-state index in [-0.39, 0.29) is 7.43 Å². The molecular weight excluding hydrogens is 324 g/mol. The summed E-state index contributed by atoms with van der Waals surface area (Å²) < 4.78 is 0. The molecule has 0 spiro atoms. The molecule has 0 bridgehead atoms. The van der Waals surface area contributed by atoms with Crippen LogP contribution in [-0.4, -0.2) is 0 Å². The Hall–Kier alpha value is -1.56. The Balaban J connectivity index is 0.000000483. The Bertz CT molecular complexity index is 626. The van der Waals surface area contributed by atoms with Gasteiger partial charge in [0.15, 0.2) is 0 Å². The van der Waals surface area contributed by atoms with E-state index in [9.17, 15) is 0 Å². The number of rotatable bonds is 4. The molecule has 0 aliphatic rings. The Morgan fingerprint density at radius 1 is 0.481 bits per heavy atom. The van der Waals surface area contributed by atoms with Gasteiger partial charge in [0.25, 0.3) is 0 Å². The second kappa shape index (κ2) is 11.3. The molecule has 0 heterocycles. The van der Waals surface area contributed by atoms with Gasteiger partial charge in [-0.3, -0.25) is 0 Å². The first-order chi connectivity index (χ1) is 12.0. The molecule has 0 saturated carbocycles. The highest BCUT2D eigenvalue weighted by Crippen LogP contribution is 2.24. The van der Waals surface area contributed by atoms with Crippen LogP contribution in [0.5, 0.6) is 0 Å². The fourth-order valence-corrected chi connectivity index (χ4v) is 3.41. The van der Waals surface area contributed by atoms with Crippen LogP contribution in [-0.2, 0) is 0 Å². The molecule has 0 nitrogen and oxygen atoms in total. The Morgan fingerprint density at radius 2 is 0.778 bits per heavy atom. The summed E-state index contributed by atoms with van der Waals surface area (Å²) in [4.78, 5) is 0. The fraction of sp³-hybridized carbons (Fsp3) is 0.556. The molecule has 0 saturated heterocycles. The molecule has 2 aromatic carbocycles. The molecular formula is C27H44. The van der Waals surface area contributed by atoms with Gasteiger partial charge in [-0.15, -0.1) is 0 Å². The maximum atomic E-state index is 2.32. The minimum absolute atomic E-state index is 0. The summed E-state index contributed by atoms with van der Waals surface area (Å²) in [5.41, 5.74) is 8.71. The van der Waals surface area contributed by atoms with Crippen LogP contribution in [0.2, 0.25) is 0 Å². The number of hydrogen-bond donors (Lipinski definition) is 0. The van der Waals surface area contributed by atoms with Crippen LogP contribution in [0.1, 0.15) is 120 Å². The summed E-state index contributed by atoms with van der Waals surface area (Å²) in [7, 11) is 0. The lowest BCUT2D eigenvalue weighted by molar-refractivity contribution is 0.835. The van der Waals surface area contributed by atoms with Gasteiger partial charge in [-0.05, 0) is 70.9 Å². The first-order valence-corrected chi connectivity index (χ1v) is 10.2. The van der Waals surface area contributed by atoms with Crippen molar-refractivity contribution in [1.29, 1.82) is 0 Å². The molecule has 0 aromatic heterocycles. The van der Waals surface area contributed by atoms with Gasteiger partial charge in [0, 0.05) is 0 Å². The van der Waals surface area contributed by atoms with Crippen molar-refractivity contribution in [3.05, 3.63) is 69.8 Å². The van der Waals surface area contributed by atoms with E-state index in [1.165, 1.54) is 33.4 Å². The lowest BCUT2D eigenvalue weighted by atomic mass is 9.93. The zero-order chi connectivity index (χ0) is 20.0. The van der Waals surface area contributed by atoms with E-state index < -0.39 is 0 Å². The van der Waals surface area contributed by atoms with Gasteiger partial charge in [0.2, 0.25) is 0 Å². The predicted molar refractivity (Wildman–Crippen MR) is 125 cm³/mol. The van der Waals surface area contributed by atoms with Gasteiger partial charge in [-0.2, -0.15) is 0 Å². The van der Waals surface area contributed by atoms with Crippen molar-refractivity contribution in [2.24, 2.45) is 0 Å². The van der Waals surface area contributed by atoms with E-state index in [1.54, 1.807) is 0 Å². The molecule has 0 unspecified atom stereocenters. The van der Waals surface area contributed by atoms with Crippen molar-refractivity contribution >= 4 is 0 Å². The molecule has 27 heavy (non-hydrogen) atoms. The maximum Gasteiger partial charge on any atom is -0.0216 e. The zero-order valence-electron chi connectivity index (χ0n) is 18.8. The lowest BCUT2D eigenvalue weighted by Gasteiger charge is -2.13. The summed E-state index contributed by atoms with van der Waals surface area (Å²) >= 11 is 0. The summed E-state index contributed by atoms with van der Waals surface area (Å²) in [5.74, 6) is 2.56. The van der Waals surface area contributed by atoms with Gasteiger partial charge >= 0.3 is 0 Å². The Morgan fingerprint density at radius 3 is 0.963 bits per heavy atom. The van der Waals surface area contributed by atoms with Gasteiger partial charge in [0.05, 0.1) is 0 Å². The van der Waals surface area contributed by atoms with Crippen molar-refractivity contribution in [2.45, 2.75) is 100 Å². The molecule has 0 radical (unpaired) electrons. The quantitative estimate of drug-likeness (QED) is 0.504. The zero-order valence-corrected chi connectivity index (χ0v) is 18.8. The van der Waals surface area contributed by atoms with Crippen molar-refractivity contribution < 1.29 is 0 Å². The molecule has 0 fully saturated rings. The molecule has 0 amide bonds. The predicted octanol–water partition coefficient (Wildman–Crippen LogP) is 9.12. The summed E-state index contributed by atoms with van der Waals surface area (Å²) in [6.07, 6.45) is 0. The topological polar surface area (TPSA) is 0 Å². The van der Waals surface area contributed by atoms with Crippen LogP contribution in [0, 0.1) is 13.8 Å². The summed E-state index contributed by atoms with van der Waals surface area (Å²) in [5, 5.41) is 0. The van der Waals surface area contributed by atoms with Crippen LogP contribution in [0.15, 0.2) is 36.4 Å². The highest BCUT2D eigenvalue weighted by Gasteiger charge is 2.06. The molecule has 0 aliphatic carbocycles. The number of aryl methyl sites for hydroxylation is 2. The fourth-order valence-electron chi connectivity index (χ4n) is 3.41. The van der Waals surface area contributed by atoms with Gasteiger partial charge in [0.1, 0.15) is 0 Å². The van der Waals surface area contributed by atoms with E-state index in [0.717, 1.165) is 0 Å². The third-order valence-corrected chi connectivity index (χ3v) is 5.17. The molecule has 0 atom stereocenters. The van der Waals surface area contributed by atoms with E-state index in [0.29, 0.717) is 23.7 Å². The van der Waals surface area contributed by atoms with Crippen molar-refractivity contribution in [1.82, 2.24) is 0 Å². The maximum absolute atomic E-state index is 2.32. The number of benzene rings is 2.